The van der Waals surface area contributed by atoms with Crippen LogP contribution in [0.2, 0.25) is 0 Å². The molecule has 3 aromatic rings. The first kappa shape index (κ1) is 28.2. The zero-order chi connectivity index (χ0) is 29.5. The number of carbonyl (C=O) groups excluding carboxylic acids is 2. The lowest BCUT2D eigenvalue weighted by atomic mass is 9.61. The quantitative estimate of drug-likeness (QED) is 0.434. The number of aromatic nitrogens is 3. The molecule has 1 aromatic carbocycles. The molecule has 0 radical (unpaired) electrons. The van der Waals surface area contributed by atoms with Crippen LogP contribution < -0.4 is 11.1 Å². The van der Waals surface area contributed by atoms with E-state index in [0.29, 0.717) is 41.6 Å². The van der Waals surface area contributed by atoms with Gasteiger partial charge in [0.2, 0.25) is 11.9 Å². The van der Waals surface area contributed by atoms with E-state index in [0.717, 1.165) is 55.6 Å². The largest absolute Gasteiger partial charge is 0.389 e. The number of benzene rings is 1. The third-order valence-electron chi connectivity index (χ3n) is 8.78. The highest BCUT2D eigenvalue weighted by Gasteiger charge is 2.44. The lowest BCUT2D eigenvalue weighted by Crippen LogP contribution is -2.53. The van der Waals surface area contributed by atoms with Crippen LogP contribution in [0.1, 0.15) is 60.9 Å². The van der Waals surface area contributed by atoms with E-state index in [9.17, 15) is 22.8 Å². The van der Waals surface area contributed by atoms with E-state index >= 15 is 0 Å². The van der Waals surface area contributed by atoms with E-state index < -0.39 is 24.9 Å². The van der Waals surface area contributed by atoms with Gasteiger partial charge in [0.15, 0.2) is 5.65 Å². The number of alkyl halides is 3. The van der Waals surface area contributed by atoms with Crippen LogP contribution in [0.25, 0.3) is 11.2 Å². The van der Waals surface area contributed by atoms with E-state index in [1.165, 1.54) is 4.90 Å². The fraction of sp³-hybridized carbons (Fsp3) is 0.467. The number of piperidine rings is 1. The van der Waals surface area contributed by atoms with Gasteiger partial charge in [-0.05, 0) is 79.5 Å². The number of nitrogens with two attached hydrogens (primary N) is 1. The van der Waals surface area contributed by atoms with Crippen LogP contribution in [0.15, 0.2) is 48.7 Å². The molecule has 42 heavy (non-hydrogen) atoms. The molecular formula is C30H34F3N7O2. The first-order valence-electron chi connectivity index (χ1n) is 14.4. The van der Waals surface area contributed by atoms with Crippen LogP contribution >= 0.6 is 0 Å². The predicted octanol–water partition coefficient (Wildman–Crippen LogP) is 4.77. The van der Waals surface area contributed by atoms with Crippen LogP contribution in [-0.2, 0) is 4.79 Å². The number of rotatable bonds is 6. The number of likely N-dealkylation sites (tertiary alicyclic amines) is 1. The summed E-state index contributed by atoms with van der Waals surface area (Å²) in [6, 6.07) is 11.4. The van der Waals surface area contributed by atoms with Gasteiger partial charge in [-0.2, -0.15) is 18.2 Å². The maximum Gasteiger partial charge on any atom is 0.389 e. The van der Waals surface area contributed by atoms with Crippen molar-refractivity contribution in [3.63, 3.8) is 0 Å². The third kappa shape index (κ3) is 5.99. The summed E-state index contributed by atoms with van der Waals surface area (Å²) in [6.45, 7) is 2.13. The molecule has 0 atom stereocenters. The van der Waals surface area contributed by atoms with Gasteiger partial charge in [0.05, 0.1) is 6.42 Å². The maximum atomic E-state index is 13.1. The van der Waals surface area contributed by atoms with Gasteiger partial charge in [0.25, 0.3) is 5.91 Å². The first-order valence-corrected chi connectivity index (χ1v) is 14.4. The van der Waals surface area contributed by atoms with Crippen molar-refractivity contribution in [1.29, 1.82) is 0 Å². The Kier molecular flexibility index (Phi) is 7.42. The molecule has 4 heterocycles. The van der Waals surface area contributed by atoms with Crippen LogP contribution in [0.3, 0.4) is 0 Å². The van der Waals surface area contributed by atoms with Crippen molar-refractivity contribution in [1.82, 2.24) is 24.4 Å². The molecule has 3 aliphatic rings. The Hall–Kier alpha value is -3.93. The van der Waals surface area contributed by atoms with Crippen molar-refractivity contribution in [3.05, 3.63) is 59.8 Å². The zero-order valence-electron chi connectivity index (χ0n) is 23.2. The fourth-order valence-electron chi connectivity index (χ4n) is 6.41. The summed E-state index contributed by atoms with van der Waals surface area (Å²) in [7, 11) is 0. The number of hydrogen-bond donors (Lipinski definition) is 2. The van der Waals surface area contributed by atoms with Crippen molar-refractivity contribution >= 4 is 34.7 Å². The van der Waals surface area contributed by atoms with Crippen LogP contribution in [0, 0.1) is 5.41 Å². The monoisotopic (exact) mass is 581 g/mol. The van der Waals surface area contributed by atoms with Crippen molar-refractivity contribution < 1.29 is 22.8 Å². The summed E-state index contributed by atoms with van der Waals surface area (Å²) in [5.74, 6) is -0.0653. The number of carbonyl (C=O) groups is 2. The summed E-state index contributed by atoms with van der Waals surface area (Å²) in [4.78, 5) is 33.3. The normalized spacial score (nSPS) is 19.1. The summed E-state index contributed by atoms with van der Waals surface area (Å²) < 4.78 is 39.1. The highest BCUT2D eigenvalue weighted by atomic mass is 19.4. The average Bonchev–Trinajstić information content (AvgIpc) is 3.38. The van der Waals surface area contributed by atoms with Gasteiger partial charge in [-0.15, -0.1) is 5.10 Å². The number of pyridine rings is 1. The molecule has 2 aliphatic heterocycles. The Labute approximate surface area is 241 Å². The van der Waals surface area contributed by atoms with Crippen molar-refractivity contribution in [2.24, 2.45) is 11.1 Å². The second kappa shape index (κ2) is 11.0. The zero-order valence-corrected chi connectivity index (χ0v) is 23.2. The Balaban J connectivity index is 1.08. The maximum absolute atomic E-state index is 13.1. The minimum absolute atomic E-state index is 0.0388. The Morgan fingerprint density at radius 2 is 1.79 bits per heavy atom. The summed E-state index contributed by atoms with van der Waals surface area (Å²) >= 11 is 0. The number of halogens is 3. The van der Waals surface area contributed by atoms with Gasteiger partial charge >= 0.3 is 6.18 Å². The minimum atomic E-state index is -4.34. The summed E-state index contributed by atoms with van der Waals surface area (Å²) in [5, 5.41) is 7.73. The molecule has 9 nitrogen and oxygen atoms in total. The molecule has 2 amide bonds. The number of hydrogen-bond acceptors (Lipinski definition) is 6. The molecule has 1 aliphatic carbocycles. The first-order chi connectivity index (χ1) is 20.1. The average molecular weight is 582 g/mol. The number of nitrogens with one attached hydrogen (secondary N) is 1. The lowest BCUT2D eigenvalue weighted by molar-refractivity contribution is -0.148. The lowest BCUT2D eigenvalue weighted by Gasteiger charge is -2.51. The van der Waals surface area contributed by atoms with Crippen LogP contribution in [-0.4, -0.2) is 74.6 Å². The molecule has 1 saturated heterocycles. The summed E-state index contributed by atoms with van der Waals surface area (Å²) in [5.41, 5.74) is 10.2. The van der Waals surface area contributed by atoms with Gasteiger partial charge in [-0.3, -0.25) is 9.59 Å². The standard InChI is InChI=1S/C30H34F3N7O2/c31-30(32,33)10-7-25(41)38-14-8-20(9-15-38)24-2-1-13-40-26(24)36-28(37-40)35-23-5-3-21(4-6-23)27(42)39-16-11-29(12-17-39)18-22(34)19-29/h1-6,8,13,22H,7,9-12,14-19,34H2,(H,35,37). The van der Waals surface area contributed by atoms with E-state index in [2.05, 4.69) is 15.4 Å². The van der Waals surface area contributed by atoms with Crippen molar-refractivity contribution in [2.45, 2.75) is 57.2 Å². The fourth-order valence-corrected chi connectivity index (χ4v) is 6.41. The molecule has 3 N–H and O–H groups in total. The Morgan fingerprint density at radius 1 is 1.05 bits per heavy atom. The Bertz CT molecular complexity index is 1500. The number of amides is 2. The van der Waals surface area contributed by atoms with E-state index in [1.807, 2.05) is 47.4 Å². The highest BCUT2D eigenvalue weighted by molar-refractivity contribution is 5.94. The van der Waals surface area contributed by atoms with Crippen LogP contribution in [0.4, 0.5) is 24.8 Å². The third-order valence-corrected chi connectivity index (χ3v) is 8.78. The highest BCUT2D eigenvalue weighted by Crippen LogP contribution is 2.48. The molecule has 1 saturated carbocycles. The second-order valence-corrected chi connectivity index (χ2v) is 11.7. The number of nitrogens with zero attached hydrogens (tertiary/aromatic N) is 5. The molecule has 1 spiro atoms. The Morgan fingerprint density at radius 3 is 2.43 bits per heavy atom. The number of fused-ring (bicyclic) bond motifs is 1. The van der Waals surface area contributed by atoms with E-state index in [1.54, 1.807) is 10.7 Å². The molecule has 12 heteroatoms. The van der Waals surface area contributed by atoms with Crippen LogP contribution in [0.5, 0.6) is 0 Å². The van der Waals surface area contributed by atoms with E-state index in [4.69, 9.17) is 5.73 Å². The van der Waals surface area contributed by atoms with Gasteiger partial charge in [0, 0.05) is 61.7 Å². The van der Waals surface area contributed by atoms with Crippen molar-refractivity contribution in [2.75, 3.05) is 31.5 Å². The molecule has 6 rings (SSSR count). The smallest absolute Gasteiger partial charge is 0.339 e. The SMILES string of the molecule is NC1CC2(CCN(C(=O)c3ccc(Nc4nc5c(C6=CCN(C(=O)CCC(F)(F)F)CC6)cccn5n4)cc3)CC2)C1. The van der Waals surface area contributed by atoms with Gasteiger partial charge < -0.3 is 20.9 Å². The number of anilines is 2. The molecule has 0 bridgehead atoms. The molecule has 222 valence electrons. The van der Waals surface area contributed by atoms with Gasteiger partial charge in [-0.25, -0.2) is 4.52 Å². The van der Waals surface area contributed by atoms with E-state index in [-0.39, 0.29) is 12.5 Å². The molecule has 2 aromatic heterocycles. The van der Waals surface area contributed by atoms with Crippen molar-refractivity contribution in [3.8, 4) is 0 Å². The second-order valence-electron chi connectivity index (χ2n) is 11.7. The minimum Gasteiger partial charge on any atom is -0.339 e. The molecule has 2 fully saturated rings. The summed E-state index contributed by atoms with van der Waals surface area (Å²) in [6.07, 6.45) is 2.34. The van der Waals surface area contributed by atoms with Gasteiger partial charge in [0.1, 0.15) is 0 Å². The van der Waals surface area contributed by atoms with Gasteiger partial charge in [-0.1, -0.05) is 6.08 Å². The topological polar surface area (TPSA) is 109 Å². The predicted molar refractivity (Wildman–Crippen MR) is 152 cm³/mol. The molecular weight excluding hydrogens is 547 g/mol. The molecule has 0 unspecified atom stereocenters.